The fraction of sp³-hybridized carbons (Fsp3) is 0.182. The molecule has 1 aromatic carbocycles. The predicted molar refractivity (Wildman–Crippen MR) is 57.8 cm³/mol. The van der Waals surface area contributed by atoms with Crippen molar-refractivity contribution in [3.05, 3.63) is 47.5 Å². The summed E-state index contributed by atoms with van der Waals surface area (Å²) in [6.07, 6.45) is 0. The van der Waals surface area contributed by atoms with E-state index in [4.69, 9.17) is 11.6 Å². The van der Waals surface area contributed by atoms with Crippen LogP contribution in [0.15, 0.2) is 30.3 Å². The number of benzene rings is 1. The first-order valence-electron chi connectivity index (χ1n) is 4.59. The van der Waals surface area contributed by atoms with Gasteiger partial charge in [-0.1, -0.05) is 12.1 Å². The molecule has 4 heteroatoms. The molecule has 0 fully saturated rings. The molecule has 0 amide bonds. The van der Waals surface area contributed by atoms with E-state index in [1.54, 1.807) is 22.9 Å². The number of aryl methyl sites for hydroxylation is 1. The summed E-state index contributed by atoms with van der Waals surface area (Å²) in [7, 11) is 0. The lowest BCUT2D eigenvalue weighted by Crippen LogP contribution is -2.01. The van der Waals surface area contributed by atoms with Crippen LogP contribution in [0.1, 0.15) is 11.4 Å². The number of alkyl halides is 1. The number of nitrogens with zero attached hydrogens (tertiary/aromatic N) is 2. The van der Waals surface area contributed by atoms with E-state index in [9.17, 15) is 4.39 Å². The van der Waals surface area contributed by atoms with Crippen molar-refractivity contribution < 1.29 is 4.39 Å². The van der Waals surface area contributed by atoms with Crippen molar-refractivity contribution in [3.8, 4) is 5.69 Å². The van der Waals surface area contributed by atoms with Gasteiger partial charge in [0.15, 0.2) is 0 Å². The molecule has 0 saturated carbocycles. The minimum atomic E-state index is -0.287. The van der Waals surface area contributed by atoms with Crippen molar-refractivity contribution in [2.24, 2.45) is 0 Å². The zero-order valence-corrected chi connectivity index (χ0v) is 9.00. The first kappa shape index (κ1) is 10.2. The fourth-order valence-electron chi connectivity index (χ4n) is 1.47. The van der Waals surface area contributed by atoms with Crippen LogP contribution in [-0.2, 0) is 5.88 Å². The number of rotatable bonds is 2. The molecule has 1 aromatic heterocycles. The van der Waals surface area contributed by atoms with Gasteiger partial charge in [0.2, 0.25) is 0 Å². The Bertz CT molecular complexity index is 479. The number of para-hydroxylation sites is 1. The van der Waals surface area contributed by atoms with Gasteiger partial charge in [-0.2, -0.15) is 5.10 Å². The molecule has 0 bridgehead atoms. The Morgan fingerprint density at radius 1 is 1.40 bits per heavy atom. The lowest BCUT2D eigenvalue weighted by molar-refractivity contribution is 0.608. The van der Waals surface area contributed by atoms with Gasteiger partial charge in [0, 0.05) is 5.69 Å². The molecule has 0 N–H and O–H groups in total. The Kier molecular flexibility index (Phi) is 2.73. The van der Waals surface area contributed by atoms with Crippen LogP contribution in [0.2, 0.25) is 0 Å². The largest absolute Gasteiger partial charge is 0.235 e. The lowest BCUT2D eigenvalue weighted by Gasteiger charge is -2.04. The highest BCUT2D eigenvalue weighted by molar-refractivity contribution is 6.16. The average Bonchev–Trinajstić information content (AvgIpc) is 2.60. The third kappa shape index (κ3) is 1.88. The van der Waals surface area contributed by atoms with Crippen molar-refractivity contribution in [2.45, 2.75) is 12.8 Å². The highest BCUT2D eigenvalue weighted by atomic mass is 35.5. The average molecular weight is 225 g/mol. The van der Waals surface area contributed by atoms with Gasteiger partial charge >= 0.3 is 0 Å². The topological polar surface area (TPSA) is 17.8 Å². The zero-order chi connectivity index (χ0) is 10.8. The van der Waals surface area contributed by atoms with Gasteiger partial charge in [-0.3, -0.25) is 0 Å². The van der Waals surface area contributed by atoms with Crippen LogP contribution in [0.3, 0.4) is 0 Å². The van der Waals surface area contributed by atoms with E-state index < -0.39 is 0 Å². The van der Waals surface area contributed by atoms with Gasteiger partial charge in [-0.15, -0.1) is 11.6 Å². The van der Waals surface area contributed by atoms with Crippen molar-refractivity contribution in [3.63, 3.8) is 0 Å². The van der Waals surface area contributed by atoms with E-state index >= 15 is 0 Å². The third-order valence-corrected chi connectivity index (χ3v) is 2.43. The van der Waals surface area contributed by atoms with Gasteiger partial charge < -0.3 is 0 Å². The quantitative estimate of drug-likeness (QED) is 0.717. The predicted octanol–water partition coefficient (Wildman–Crippen LogP) is 3.06. The van der Waals surface area contributed by atoms with Gasteiger partial charge in [0.1, 0.15) is 11.5 Å². The Hall–Kier alpha value is -1.35. The van der Waals surface area contributed by atoms with E-state index in [1.165, 1.54) is 6.07 Å². The lowest BCUT2D eigenvalue weighted by atomic mass is 10.3. The molecule has 2 rings (SSSR count). The van der Waals surface area contributed by atoms with E-state index in [0.717, 1.165) is 11.4 Å². The maximum Gasteiger partial charge on any atom is 0.148 e. The van der Waals surface area contributed by atoms with Crippen molar-refractivity contribution in [2.75, 3.05) is 0 Å². The molecule has 78 valence electrons. The minimum absolute atomic E-state index is 0.287. The second-order valence-electron chi connectivity index (χ2n) is 3.27. The molecule has 0 aliphatic rings. The van der Waals surface area contributed by atoms with E-state index in [1.807, 2.05) is 13.0 Å². The summed E-state index contributed by atoms with van der Waals surface area (Å²) in [5, 5.41) is 4.20. The summed E-state index contributed by atoms with van der Waals surface area (Å²) in [5.41, 5.74) is 2.07. The molecule has 0 saturated heterocycles. The fourth-order valence-corrected chi connectivity index (χ4v) is 1.60. The molecule has 0 atom stereocenters. The molecule has 15 heavy (non-hydrogen) atoms. The standard InChI is InChI=1S/C11H10ClFN2/c1-8-6-9(7-12)14-15(8)11-5-3-2-4-10(11)13/h2-6H,7H2,1H3. The van der Waals surface area contributed by atoms with Gasteiger partial charge in [0.05, 0.1) is 11.6 Å². The highest BCUT2D eigenvalue weighted by Crippen LogP contribution is 2.16. The van der Waals surface area contributed by atoms with Gasteiger partial charge in [0.25, 0.3) is 0 Å². The smallest absolute Gasteiger partial charge is 0.148 e. The maximum atomic E-state index is 13.5. The zero-order valence-electron chi connectivity index (χ0n) is 8.24. The number of halogens is 2. The molecular formula is C11H10ClFN2. The second kappa shape index (κ2) is 4.03. The Labute approximate surface area is 92.3 Å². The molecule has 0 radical (unpaired) electrons. The van der Waals surface area contributed by atoms with Crippen molar-refractivity contribution >= 4 is 11.6 Å². The highest BCUT2D eigenvalue weighted by Gasteiger charge is 2.08. The number of aromatic nitrogens is 2. The van der Waals surface area contributed by atoms with Gasteiger partial charge in [-0.05, 0) is 25.1 Å². The van der Waals surface area contributed by atoms with Gasteiger partial charge in [-0.25, -0.2) is 9.07 Å². The number of hydrogen-bond donors (Lipinski definition) is 0. The second-order valence-corrected chi connectivity index (χ2v) is 3.54. The summed E-state index contributed by atoms with van der Waals surface area (Å²) in [6, 6.07) is 8.38. The van der Waals surface area contributed by atoms with Crippen LogP contribution in [0, 0.1) is 12.7 Å². The molecule has 2 aromatic rings. The van der Waals surface area contributed by atoms with Crippen molar-refractivity contribution in [1.82, 2.24) is 9.78 Å². The Morgan fingerprint density at radius 3 is 2.73 bits per heavy atom. The van der Waals surface area contributed by atoms with Crippen LogP contribution in [0.25, 0.3) is 5.69 Å². The maximum absolute atomic E-state index is 13.5. The van der Waals surface area contributed by atoms with E-state index in [0.29, 0.717) is 11.6 Å². The monoisotopic (exact) mass is 224 g/mol. The molecular weight excluding hydrogens is 215 g/mol. The van der Waals surface area contributed by atoms with Crippen LogP contribution in [-0.4, -0.2) is 9.78 Å². The SMILES string of the molecule is Cc1cc(CCl)nn1-c1ccccc1F. The molecule has 0 aliphatic carbocycles. The Morgan fingerprint density at radius 2 is 2.13 bits per heavy atom. The van der Waals surface area contributed by atoms with Crippen LogP contribution in [0.4, 0.5) is 4.39 Å². The summed E-state index contributed by atoms with van der Waals surface area (Å²) in [5.74, 6) is 0.0484. The Balaban J connectivity index is 2.54. The van der Waals surface area contributed by atoms with Crippen molar-refractivity contribution in [1.29, 1.82) is 0 Å². The summed E-state index contributed by atoms with van der Waals surface area (Å²) >= 11 is 5.67. The molecule has 0 spiro atoms. The van der Waals surface area contributed by atoms with E-state index in [-0.39, 0.29) is 5.82 Å². The molecule has 0 unspecified atom stereocenters. The minimum Gasteiger partial charge on any atom is -0.235 e. The normalized spacial score (nSPS) is 10.6. The number of hydrogen-bond acceptors (Lipinski definition) is 1. The first-order valence-corrected chi connectivity index (χ1v) is 5.12. The third-order valence-electron chi connectivity index (χ3n) is 2.16. The van der Waals surface area contributed by atoms with Crippen LogP contribution in [0.5, 0.6) is 0 Å². The first-order chi connectivity index (χ1) is 7.22. The van der Waals surface area contributed by atoms with E-state index in [2.05, 4.69) is 5.10 Å². The molecule has 0 aliphatic heterocycles. The van der Waals surface area contributed by atoms with Crippen LogP contribution < -0.4 is 0 Å². The molecule has 1 heterocycles. The summed E-state index contributed by atoms with van der Waals surface area (Å²) in [4.78, 5) is 0. The molecule has 2 nitrogen and oxygen atoms in total. The summed E-state index contributed by atoms with van der Waals surface area (Å²) < 4.78 is 15.0. The van der Waals surface area contributed by atoms with Crippen LogP contribution >= 0.6 is 11.6 Å². The summed E-state index contributed by atoms with van der Waals surface area (Å²) in [6.45, 7) is 1.87.